The minimum absolute atomic E-state index is 0.0794. The molecule has 0 fully saturated rings. The lowest BCUT2D eigenvalue weighted by atomic mass is 10.2. The second kappa shape index (κ2) is 5.29. The average Bonchev–Trinajstić information content (AvgIpc) is 2.32. The minimum atomic E-state index is -0.0794. The van der Waals surface area contributed by atoms with E-state index in [9.17, 15) is 0 Å². The molecule has 3 nitrogen and oxygen atoms in total. The van der Waals surface area contributed by atoms with Gasteiger partial charge in [-0.15, -0.1) is 0 Å². The fourth-order valence-electron chi connectivity index (χ4n) is 1.43. The average molecular weight is 281 g/mol. The Hall–Kier alpha value is -1.71. The minimum Gasteiger partial charge on any atom is -0.456 e. The lowest BCUT2D eigenvalue weighted by molar-refractivity contribution is 0.483. The van der Waals surface area contributed by atoms with Crippen molar-refractivity contribution in [1.29, 1.82) is 5.41 Å². The molecule has 0 saturated carbocycles. The molecule has 5 heteroatoms. The van der Waals surface area contributed by atoms with Crippen molar-refractivity contribution in [2.24, 2.45) is 5.73 Å². The Morgan fingerprint density at radius 1 is 1.06 bits per heavy atom. The second-order valence-electron chi connectivity index (χ2n) is 3.59. The van der Waals surface area contributed by atoms with E-state index < -0.39 is 0 Å². The summed E-state index contributed by atoms with van der Waals surface area (Å²) in [6.45, 7) is 0. The topological polar surface area (TPSA) is 59.1 Å². The maximum Gasteiger partial charge on any atom is 0.146 e. The summed E-state index contributed by atoms with van der Waals surface area (Å²) in [5, 5.41) is 8.22. The third-order valence-corrected chi connectivity index (χ3v) is 2.92. The maximum atomic E-state index is 7.33. The molecule has 2 aromatic rings. The van der Waals surface area contributed by atoms with Crippen molar-refractivity contribution in [3.63, 3.8) is 0 Å². The van der Waals surface area contributed by atoms with Gasteiger partial charge in [-0.3, -0.25) is 5.41 Å². The van der Waals surface area contributed by atoms with E-state index in [1.165, 1.54) is 0 Å². The predicted molar refractivity (Wildman–Crippen MR) is 74.0 cm³/mol. The first-order chi connectivity index (χ1) is 8.58. The quantitative estimate of drug-likeness (QED) is 0.658. The third kappa shape index (κ3) is 2.75. The number of nitrogen functional groups attached to an aromatic ring is 1. The second-order valence-corrected chi connectivity index (χ2v) is 4.40. The summed E-state index contributed by atoms with van der Waals surface area (Å²) in [5.74, 6) is 1.01. The normalized spacial score (nSPS) is 10.1. The highest BCUT2D eigenvalue weighted by Gasteiger charge is 2.07. The van der Waals surface area contributed by atoms with Crippen LogP contribution in [0.1, 0.15) is 5.56 Å². The van der Waals surface area contributed by atoms with E-state index in [0.717, 1.165) is 0 Å². The molecule has 0 atom stereocenters. The summed E-state index contributed by atoms with van der Waals surface area (Å²) in [4.78, 5) is 0. The Kier molecular flexibility index (Phi) is 3.75. The number of nitrogens with two attached hydrogens (primary N) is 1. The van der Waals surface area contributed by atoms with E-state index in [-0.39, 0.29) is 5.84 Å². The molecule has 2 aromatic carbocycles. The number of hydrogen-bond acceptors (Lipinski definition) is 2. The molecule has 92 valence electrons. The van der Waals surface area contributed by atoms with E-state index in [1.807, 2.05) is 12.1 Å². The highest BCUT2D eigenvalue weighted by molar-refractivity contribution is 6.34. The van der Waals surface area contributed by atoms with Crippen LogP contribution in [0.4, 0.5) is 0 Å². The van der Waals surface area contributed by atoms with Crippen molar-refractivity contribution in [2.45, 2.75) is 0 Å². The molecule has 0 amide bonds. The zero-order valence-corrected chi connectivity index (χ0v) is 10.8. The highest BCUT2D eigenvalue weighted by atomic mass is 35.5. The number of amidine groups is 1. The number of ether oxygens (including phenoxy) is 1. The fraction of sp³-hybridized carbons (Fsp3) is 0. The summed E-state index contributed by atoms with van der Waals surface area (Å²) in [6, 6.07) is 12.1. The number of halogens is 2. The van der Waals surface area contributed by atoms with Crippen LogP contribution in [0, 0.1) is 5.41 Å². The van der Waals surface area contributed by atoms with Crippen LogP contribution in [0.25, 0.3) is 0 Å². The van der Waals surface area contributed by atoms with Gasteiger partial charge in [0.15, 0.2) is 0 Å². The Balaban J connectivity index is 2.29. The van der Waals surface area contributed by atoms with E-state index in [4.69, 9.17) is 39.1 Å². The van der Waals surface area contributed by atoms with Crippen molar-refractivity contribution in [3.8, 4) is 11.5 Å². The first-order valence-corrected chi connectivity index (χ1v) is 5.90. The lowest BCUT2D eigenvalue weighted by Gasteiger charge is -2.09. The Bertz CT molecular complexity index is 599. The van der Waals surface area contributed by atoms with E-state index in [1.54, 1.807) is 30.3 Å². The number of nitrogens with one attached hydrogen (secondary N) is 1. The summed E-state index contributed by atoms with van der Waals surface area (Å²) < 4.78 is 5.60. The number of hydrogen-bond donors (Lipinski definition) is 2. The molecule has 0 unspecified atom stereocenters. The molecule has 0 aromatic heterocycles. The Morgan fingerprint density at radius 2 is 1.78 bits per heavy atom. The monoisotopic (exact) mass is 280 g/mol. The van der Waals surface area contributed by atoms with Crippen LogP contribution in [0.2, 0.25) is 10.0 Å². The van der Waals surface area contributed by atoms with E-state index in [0.29, 0.717) is 27.1 Å². The standard InChI is InChI=1S/C13H10Cl2N2O/c14-10-3-1-2-4-12(10)18-8-5-6-9(13(16)17)11(15)7-8/h1-7H,(H3,16,17). The van der Waals surface area contributed by atoms with Crippen molar-refractivity contribution in [3.05, 3.63) is 58.1 Å². The van der Waals surface area contributed by atoms with Crippen LogP contribution in [0.3, 0.4) is 0 Å². The van der Waals surface area contributed by atoms with Gasteiger partial charge in [-0.1, -0.05) is 35.3 Å². The molecular formula is C13H10Cl2N2O. The first kappa shape index (κ1) is 12.7. The summed E-state index contributed by atoms with van der Waals surface area (Å²) in [7, 11) is 0. The molecule has 18 heavy (non-hydrogen) atoms. The van der Waals surface area contributed by atoms with Gasteiger partial charge in [0.05, 0.1) is 10.0 Å². The van der Waals surface area contributed by atoms with Crippen LogP contribution in [-0.2, 0) is 0 Å². The molecule has 0 aliphatic rings. The Labute approximate surface area is 115 Å². The number of para-hydroxylation sites is 1. The van der Waals surface area contributed by atoms with Crippen molar-refractivity contribution >= 4 is 29.0 Å². The molecule has 2 rings (SSSR count). The molecular weight excluding hydrogens is 271 g/mol. The van der Waals surface area contributed by atoms with Gasteiger partial charge in [0.25, 0.3) is 0 Å². The largest absolute Gasteiger partial charge is 0.456 e. The molecule has 0 saturated heterocycles. The third-order valence-electron chi connectivity index (χ3n) is 2.30. The van der Waals surface area contributed by atoms with Gasteiger partial charge < -0.3 is 10.5 Å². The summed E-state index contributed by atoms with van der Waals surface area (Å²) in [6.07, 6.45) is 0. The van der Waals surface area contributed by atoms with Gasteiger partial charge in [-0.25, -0.2) is 0 Å². The van der Waals surface area contributed by atoms with Gasteiger partial charge in [0.1, 0.15) is 17.3 Å². The van der Waals surface area contributed by atoms with Crippen molar-refractivity contribution < 1.29 is 4.74 Å². The van der Waals surface area contributed by atoms with Crippen molar-refractivity contribution in [1.82, 2.24) is 0 Å². The van der Waals surface area contributed by atoms with Crippen LogP contribution >= 0.6 is 23.2 Å². The van der Waals surface area contributed by atoms with Gasteiger partial charge >= 0.3 is 0 Å². The molecule has 0 bridgehead atoms. The van der Waals surface area contributed by atoms with Gasteiger partial charge in [0, 0.05) is 11.6 Å². The van der Waals surface area contributed by atoms with Crippen LogP contribution in [0.5, 0.6) is 11.5 Å². The SMILES string of the molecule is N=C(N)c1ccc(Oc2ccccc2Cl)cc1Cl. The van der Waals surface area contributed by atoms with Gasteiger partial charge in [-0.2, -0.15) is 0 Å². The van der Waals surface area contributed by atoms with Gasteiger partial charge in [0.2, 0.25) is 0 Å². The fourth-order valence-corrected chi connectivity index (χ4v) is 1.88. The number of rotatable bonds is 3. The molecule has 0 aliphatic heterocycles. The first-order valence-electron chi connectivity index (χ1n) is 5.14. The molecule has 0 heterocycles. The number of benzene rings is 2. The zero-order valence-electron chi connectivity index (χ0n) is 9.28. The Morgan fingerprint density at radius 3 is 2.39 bits per heavy atom. The van der Waals surface area contributed by atoms with Crippen LogP contribution in [-0.4, -0.2) is 5.84 Å². The van der Waals surface area contributed by atoms with Gasteiger partial charge in [-0.05, 0) is 24.3 Å². The molecule has 0 spiro atoms. The smallest absolute Gasteiger partial charge is 0.146 e. The predicted octanol–water partition coefficient (Wildman–Crippen LogP) is 4.07. The summed E-state index contributed by atoms with van der Waals surface area (Å²) >= 11 is 12.0. The van der Waals surface area contributed by atoms with E-state index >= 15 is 0 Å². The lowest BCUT2D eigenvalue weighted by Crippen LogP contribution is -2.11. The molecule has 0 aliphatic carbocycles. The summed E-state index contributed by atoms with van der Waals surface area (Å²) in [5.41, 5.74) is 5.85. The molecule has 0 radical (unpaired) electrons. The van der Waals surface area contributed by atoms with E-state index in [2.05, 4.69) is 0 Å². The zero-order chi connectivity index (χ0) is 13.1. The van der Waals surface area contributed by atoms with Crippen molar-refractivity contribution in [2.75, 3.05) is 0 Å². The van der Waals surface area contributed by atoms with Crippen LogP contribution < -0.4 is 10.5 Å². The maximum absolute atomic E-state index is 7.33. The van der Waals surface area contributed by atoms with Crippen LogP contribution in [0.15, 0.2) is 42.5 Å². The molecule has 3 N–H and O–H groups in total. The highest BCUT2D eigenvalue weighted by Crippen LogP contribution is 2.31.